The maximum atomic E-state index is 12.7. The Balaban J connectivity index is 1.78. The highest BCUT2D eigenvalue weighted by Gasteiger charge is 2.13. The minimum Gasteiger partial charge on any atom is -0.423 e. The topological polar surface area (TPSA) is 65.1 Å². The van der Waals surface area contributed by atoms with Gasteiger partial charge in [0.25, 0.3) is 5.56 Å². The molecule has 0 N–H and O–H groups in total. The quantitative estimate of drug-likeness (QED) is 0.288. The maximum absolute atomic E-state index is 12.7. The number of aryl methyl sites for hydroxylation is 2. The van der Waals surface area contributed by atoms with Gasteiger partial charge in [0.15, 0.2) is 5.16 Å². The third-order valence-electron chi connectivity index (χ3n) is 4.65. The van der Waals surface area contributed by atoms with Crippen LogP contribution < -0.4 is 11.2 Å². The van der Waals surface area contributed by atoms with Gasteiger partial charge in [0.2, 0.25) is 0 Å². The summed E-state index contributed by atoms with van der Waals surface area (Å²) in [6.07, 6.45) is 0. The number of nitrogens with zero attached hydrogens (tertiary/aromatic N) is 2. The van der Waals surface area contributed by atoms with E-state index in [0.29, 0.717) is 27.7 Å². The second kappa shape index (κ2) is 6.98. The van der Waals surface area contributed by atoms with Crippen LogP contribution in [0, 0.1) is 13.8 Å². The summed E-state index contributed by atoms with van der Waals surface area (Å²) in [5.74, 6) is 0.534. The Morgan fingerprint density at radius 2 is 1.96 bits per heavy atom. The smallest absolute Gasteiger partial charge is 0.336 e. The average Bonchev–Trinajstić information content (AvgIpc) is 3.10. The maximum Gasteiger partial charge on any atom is 0.336 e. The van der Waals surface area contributed by atoms with E-state index in [-0.39, 0.29) is 11.2 Å². The number of aromatic nitrogens is 2. The molecule has 0 aliphatic carbocycles. The van der Waals surface area contributed by atoms with Crippen molar-refractivity contribution >= 4 is 44.3 Å². The summed E-state index contributed by atoms with van der Waals surface area (Å²) in [6.45, 7) is 6.52. The van der Waals surface area contributed by atoms with Crippen molar-refractivity contribution in [2.75, 3.05) is 0 Å². The first-order valence-corrected chi connectivity index (χ1v) is 10.5. The van der Waals surface area contributed by atoms with E-state index in [0.717, 1.165) is 27.6 Å². The summed E-state index contributed by atoms with van der Waals surface area (Å²) in [5, 5.41) is 3.47. The van der Waals surface area contributed by atoms with Crippen LogP contribution in [0.1, 0.15) is 23.6 Å². The van der Waals surface area contributed by atoms with Crippen LogP contribution in [0.5, 0.6) is 0 Å². The van der Waals surface area contributed by atoms with Crippen LogP contribution in [-0.4, -0.2) is 9.55 Å². The molecule has 0 aliphatic rings. The fourth-order valence-electron chi connectivity index (χ4n) is 3.06. The molecule has 0 amide bonds. The number of fused-ring (bicyclic) bond motifs is 2. The molecule has 138 valence electrons. The second-order valence-corrected chi connectivity index (χ2v) is 8.25. The molecule has 3 heterocycles. The Kier molecular flexibility index (Phi) is 4.65. The summed E-state index contributed by atoms with van der Waals surface area (Å²) in [7, 11) is 0. The van der Waals surface area contributed by atoms with Gasteiger partial charge in [-0.15, -0.1) is 11.3 Å². The van der Waals surface area contributed by atoms with Crippen molar-refractivity contribution in [2.45, 2.75) is 38.2 Å². The molecule has 1 aromatic carbocycles. The molecule has 5 nitrogen and oxygen atoms in total. The van der Waals surface area contributed by atoms with Crippen molar-refractivity contribution in [1.82, 2.24) is 9.55 Å². The predicted molar refractivity (Wildman–Crippen MR) is 111 cm³/mol. The first-order valence-electron chi connectivity index (χ1n) is 8.62. The van der Waals surface area contributed by atoms with Crippen LogP contribution in [0.15, 0.2) is 48.8 Å². The first kappa shape index (κ1) is 18.0. The fraction of sp³-hybridized carbons (Fsp3) is 0.250. The van der Waals surface area contributed by atoms with Crippen LogP contribution in [0.2, 0.25) is 0 Å². The van der Waals surface area contributed by atoms with Crippen molar-refractivity contribution < 1.29 is 4.42 Å². The molecule has 7 heteroatoms. The minimum atomic E-state index is -0.365. The lowest BCUT2D eigenvalue weighted by atomic mass is 10.0. The van der Waals surface area contributed by atoms with Gasteiger partial charge in [-0.3, -0.25) is 9.36 Å². The zero-order valence-electron chi connectivity index (χ0n) is 15.2. The minimum absolute atomic E-state index is 0.0103. The van der Waals surface area contributed by atoms with E-state index >= 15 is 0 Å². The van der Waals surface area contributed by atoms with Crippen LogP contribution in [0.25, 0.3) is 21.2 Å². The Morgan fingerprint density at radius 3 is 2.74 bits per heavy atom. The Labute approximate surface area is 163 Å². The summed E-state index contributed by atoms with van der Waals surface area (Å²) in [4.78, 5) is 29.3. The van der Waals surface area contributed by atoms with Gasteiger partial charge in [-0.25, -0.2) is 9.78 Å². The molecule has 0 atom stereocenters. The number of benzene rings is 1. The third kappa shape index (κ3) is 3.21. The van der Waals surface area contributed by atoms with Gasteiger partial charge in [-0.2, -0.15) is 0 Å². The van der Waals surface area contributed by atoms with E-state index in [9.17, 15) is 9.59 Å². The highest BCUT2D eigenvalue weighted by molar-refractivity contribution is 7.98. The molecule has 4 aromatic rings. The predicted octanol–water partition coefficient (Wildman–Crippen LogP) is 4.49. The van der Waals surface area contributed by atoms with E-state index < -0.39 is 0 Å². The number of hydrogen-bond acceptors (Lipinski definition) is 6. The summed E-state index contributed by atoms with van der Waals surface area (Å²) in [6, 6.07) is 7.34. The van der Waals surface area contributed by atoms with Gasteiger partial charge in [0.05, 0.1) is 5.52 Å². The highest BCUT2D eigenvalue weighted by Crippen LogP contribution is 2.28. The molecule has 0 unspecified atom stereocenters. The standard InChI is InChI=1S/C20H18N2O3S2/c1-4-22-19(24)18-15(5-6-26-18)21-20(22)27-10-13-9-17(23)25-16-8-12(3)11(2)7-14(13)16/h5-9H,4,10H2,1-3H3. The zero-order chi connectivity index (χ0) is 19.1. The van der Waals surface area contributed by atoms with E-state index in [1.807, 2.05) is 44.4 Å². The SMILES string of the molecule is CCn1c(SCc2cc(=O)oc3cc(C)c(C)cc23)nc2ccsc2c1=O. The van der Waals surface area contributed by atoms with Crippen LogP contribution in [0.3, 0.4) is 0 Å². The van der Waals surface area contributed by atoms with Crippen molar-refractivity contribution in [3.63, 3.8) is 0 Å². The molecule has 0 saturated heterocycles. The van der Waals surface area contributed by atoms with Crippen molar-refractivity contribution in [2.24, 2.45) is 0 Å². The molecule has 0 saturated carbocycles. The Bertz CT molecular complexity index is 1280. The summed E-state index contributed by atoms with van der Waals surface area (Å²) >= 11 is 2.88. The van der Waals surface area contributed by atoms with Gasteiger partial charge in [0, 0.05) is 23.8 Å². The summed E-state index contributed by atoms with van der Waals surface area (Å²) < 4.78 is 7.73. The number of thioether (sulfide) groups is 1. The van der Waals surface area contributed by atoms with E-state index in [2.05, 4.69) is 4.98 Å². The molecule has 3 aromatic heterocycles. The highest BCUT2D eigenvalue weighted by atomic mass is 32.2. The lowest BCUT2D eigenvalue weighted by Gasteiger charge is -2.11. The van der Waals surface area contributed by atoms with Gasteiger partial charge >= 0.3 is 5.63 Å². The van der Waals surface area contributed by atoms with Gasteiger partial charge in [0.1, 0.15) is 10.3 Å². The zero-order valence-corrected chi connectivity index (χ0v) is 16.9. The van der Waals surface area contributed by atoms with Gasteiger partial charge in [-0.05, 0) is 61.0 Å². The largest absolute Gasteiger partial charge is 0.423 e. The normalized spacial score (nSPS) is 11.5. The molecule has 0 aliphatic heterocycles. The van der Waals surface area contributed by atoms with Gasteiger partial charge < -0.3 is 4.42 Å². The number of rotatable bonds is 4. The van der Waals surface area contributed by atoms with Gasteiger partial charge in [-0.1, -0.05) is 11.8 Å². The monoisotopic (exact) mass is 398 g/mol. The molecule has 27 heavy (non-hydrogen) atoms. The fourth-order valence-corrected chi connectivity index (χ4v) is 4.89. The molecule has 0 spiro atoms. The molecular formula is C20H18N2O3S2. The lowest BCUT2D eigenvalue weighted by Crippen LogP contribution is -2.21. The van der Waals surface area contributed by atoms with Crippen molar-refractivity contribution in [3.8, 4) is 0 Å². The van der Waals surface area contributed by atoms with E-state index in [1.54, 1.807) is 4.57 Å². The summed E-state index contributed by atoms with van der Waals surface area (Å²) in [5.41, 5.74) is 4.05. The van der Waals surface area contributed by atoms with Crippen LogP contribution >= 0.6 is 23.1 Å². The first-order chi connectivity index (χ1) is 13.0. The van der Waals surface area contributed by atoms with Crippen molar-refractivity contribution in [3.05, 3.63) is 67.1 Å². The third-order valence-corrected chi connectivity index (χ3v) is 6.57. The van der Waals surface area contributed by atoms with E-state index in [4.69, 9.17) is 4.42 Å². The molecule has 4 rings (SSSR count). The van der Waals surface area contributed by atoms with Crippen molar-refractivity contribution in [1.29, 1.82) is 0 Å². The second-order valence-electron chi connectivity index (χ2n) is 6.39. The van der Waals surface area contributed by atoms with Crippen LogP contribution in [-0.2, 0) is 12.3 Å². The number of hydrogen-bond donors (Lipinski definition) is 0. The van der Waals surface area contributed by atoms with Crippen LogP contribution in [0.4, 0.5) is 0 Å². The molecule has 0 radical (unpaired) electrons. The lowest BCUT2D eigenvalue weighted by molar-refractivity contribution is 0.559. The number of thiophene rings is 1. The Hall–Kier alpha value is -2.38. The van der Waals surface area contributed by atoms with E-state index in [1.165, 1.54) is 29.2 Å². The molecule has 0 fully saturated rings. The average molecular weight is 399 g/mol. The molecular weight excluding hydrogens is 380 g/mol. The Morgan fingerprint density at radius 1 is 1.19 bits per heavy atom. The molecule has 0 bridgehead atoms.